The number of aryl methyl sites for hydroxylation is 1. The quantitative estimate of drug-likeness (QED) is 0.669. The van der Waals surface area contributed by atoms with Gasteiger partial charge in [0.2, 0.25) is 0 Å². The number of carbonyl (C=O) groups excluding carboxylic acids is 1. The van der Waals surface area contributed by atoms with Gasteiger partial charge in [-0.25, -0.2) is 0 Å². The molecule has 0 aliphatic heterocycles. The van der Waals surface area contributed by atoms with E-state index >= 15 is 0 Å². The van der Waals surface area contributed by atoms with Crippen LogP contribution in [0, 0.1) is 0 Å². The van der Waals surface area contributed by atoms with Crippen LogP contribution >= 0.6 is 23.2 Å². The number of amides is 1. The normalized spacial score (nSPS) is 10.9. The van der Waals surface area contributed by atoms with Crippen LogP contribution in [-0.4, -0.2) is 32.8 Å². The summed E-state index contributed by atoms with van der Waals surface area (Å²) in [7, 11) is 1.71. The summed E-state index contributed by atoms with van der Waals surface area (Å²) in [5, 5.41) is 9.03. The number of hydrogen-bond acceptors (Lipinski definition) is 4. The second-order valence-electron chi connectivity index (χ2n) is 5.50. The van der Waals surface area contributed by atoms with E-state index < -0.39 is 0 Å². The summed E-state index contributed by atoms with van der Waals surface area (Å²) in [6.45, 7) is 3.17. The van der Waals surface area contributed by atoms with Crippen molar-refractivity contribution < 1.29 is 9.32 Å². The number of aromatic nitrogens is 3. The molecular formula is C17H16Cl2N4O2. The summed E-state index contributed by atoms with van der Waals surface area (Å²) >= 11 is 12.1. The van der Waals surface area contributed by atoms with E-state index in [1.54, 1.807) is 42.4 Å². The van der Waals surface area contributed by atoms with Crippen LogP contribution in [0.1, 0.15) is 23.1 Å². The van der Waals surface area contributed by atoms with Gasteiger partial charge in [-0.3, -0.25) is 9.48 Å². The molecule has 1 aromatic carbocycles. The third kappa shape index (κ3) is 3.70. The number of benzene rings is 1. The molecule has 2 aromatic heterocycles. The molecule has 0 spiro atoms. The lowest BCUT2D eigenvalue weighted by Crippen LogP contribution is -2.27. The van der Waals surface area contributed by atoms with Crippen LogP contribution in [0.3, 0.4) is 0 Å². The van der Waals surface area contributed by atoms with E-state index in [4.69, 9.17) is 27.7 Å². The maximum atomic E-state index is 12.6. The highest BCUT2D eigenvalue weighted by molar-refractivity contribution is 6.36. The maximum absolute atomic E-state index is 12.6. The summed E-state index contributed by atoms with van der Waals surface area (Å²) in [4.78, 5) is 14.1. The second kappa shape index (κ2) is 7.29. The molecule has 0 saturated carbocycles. The molecule has 0 saturated heterocycles. The average Bonchev–Trinajstić information content (AvgIpc) is 3.23. The first-order valence-electron chi connectivity index (χ1n) is 7.68. The number of carbonyl (C=O) groups is 1. The van der Waals surface area contributed by atoms with Crippen LogP contribution in [0.5, 0.6) is 0 Å². The molecule has 0 bridgehead atoms. The van der Waals surface area contributed by atoms with Crippen LogP contribution in [0.4, 0.5) is 0 Å². The van der Waals surface area contributed by atoms with Gasteiger partial charge in [0.25, 0.3) is 5.91 Å². The average molecular weight is 379 g/mol. The Labute approximate surface area is 154 Å². The molecule has 130 valence electrons. The zero-order chi connectivity index (χ0) is 18.0. The minimum Gasteiger partial charge on any atom is -0.355 e. The van der Waals surface area contributed by atoms with Crippen molar-refractivity contribution in [1.29, 1.82) is 0 Å². The molecule has 25 heavy (non-hydrogen) atoms. The second-order valence-corrected chi connectivity index (χ2v) is 6.34. The largest absolute Gasteiger partial charge is 0.355 e. The van der Waals surface area contributed by atoms with E-state index in [-0.39, 0.29) is 11.6 Å². The molecule has 0 N–H and O–H groups in total. The Morgan fingerprint density at radius 2 is 2.08 bits per heavy atom. The minimum atomic E-state index is -0.246. The van der Waals surface area contributed by atoms with Crippen molar-refractivity contribution in [3.8, 4) is 11.3 Å². The highest BCUT2D eigenvalue weighted by Crippen LogP contribution is 2.30. The van der Waals surface area contributed by atoms with E-state index in [1.165, 1.54) is 0 Å². The molecule has 3 rings (SSSR count). The Bertz CT molecular complexity index is 904. The van der Waals surface area contributed by atoms with Gasteiger partial charge in [-0.05, 0) is 31.2 Å². The summed E-state index contributed by atoms with van der Waals surface area (Å²) in [6.07, 6.45) is 1.72. The summed E-state index contributed by atoms with van der Waals surface area (Å²) in [6, 6.07) is 8.49. The minimum absolute atomic E-state index is 0.214. The highest BCUT2D eigenvalue weighted by atomic mass is 35.5. The SMILES string of the molecule is CCn1nccc1CN(C)C(=O)c1cc(-c2ccc(Cl)cc2Cl)on1. The van der Waals surface area contributed by atoms with Gasteiger partial charge >= 0.3 is 0 Å². The van der Waals surface area contributed by atoms with Crippen LogP contribution in [0.15, 0.2) is 41.1 Å². The van der Waals surface area contributed by atoms with Crippen molar-refractivity contribution in [1.82, 2.24) is 19.8 Å². The zero-order valence-corrected chi connectivity index (χ0v) is 15.3. The van der Waals surface area contributed by atoms with Crippen molar-refractivity contribution in [2.75, 3.05) is 7.05 Å². The maximum Gasteiger partial charge on any atom is 0.276 e. The van der Waals surface area contributed by atoms with Crippen LogP contribution in [-0.2, 0) is 13.1 Å². The first-order valence-corrected chi connectivity index (χ1v) is 8.43. The Balaban J connectivity index is 1.78. The summed E-state index contributed by atoms with van der Waals surface area (Å²) in [5.41, 5.74) is 1.79. The molecule has 6 nitrogen and oxygen atoms in total. The molecule has 1 amide bonds. The fraction of sp³-hybridized carbons (Fsp3) is 0.235. The number of halogens is 2. The van der Waals surface area contributed by atoms with Crippen molar-refractivity contribution >= 4 is 29.1 Å². The number of rotatable bonds is 5. The van der Waals surface area contributed by atoms with Gasteiger partial charge in [0.1, 0.15) is 0 Å². The van der Waals surface area contributed by atoms with Crippen molar-refractivity contribution in [3.63, 3.8) is 0 Å². The first-order chi connectivity index (χ1) is 12.0. The van der Waals surface area contributed by atoms with E-state index in [2.05, 4.69) is 10.3 Å². The Morgan fingerprint density at radius 1 is 1.28 bits per heavy atom. The fourth-order valence-corrected chi connectivity index (χ4v) is 2.98. The molecule has 3 aromatic rings. The van der Waals surface area contributed by atoms with E-state index in [1.807, 2.05) is 17.7 Å². The molecule has 0 radical (unpaired) electrons. The molecule has 0 unspecified atom stereocenters. The van der Waals surface area contributed by atoms with Gasteiger partial charge in [-0.2, -0.15) is 5.10 Å². The third-order valence-corrected chi connectivity index (χ3v) is 4.32. The molecule has 0 aliphatic rings. The van der Waals surface area contributed by atoms with E-state index in [0.717, 1.165) is 12.2 Å². The molecule has 0 atom stereocenters. The van der Waals surface area contributed by atoms with Crippen molar-refractivity contribution in [2.45, 2.75) is 20.0 Å². The Morgan fingerprint density at radius 3 is 2.80 bits per heavy atom. The van der Waals surface area contributed by atoms with Gasteiger partial charge in [0.05, 0.1) is 17.3 Å². The third-order valence-electron chi connectivity index (χ3n) is 3.78. The molecule has 2 heterocycles. The van der Waals surface area contributed by atoms with Gasteiger partial charge < -0.3 is 9.42 Å². The van der Waals surface area contributed by atoms with Crippen LogP contribution in [0.2, 0.25) is 10.0 Å². The highest BCUT2D eigenvalue weighted by Gasteiger charge is 2.20. The number of hydrogen-bond donors (Lipinski definition) is 0. The molecule has 0 fully saturated rings. The Hall–Kier alpha value is -2.31. The van der Waals surface area contributed by atoms with Gasteiger partial charge in [-0.15, -0.1) is 0 Å². The molecule has 0 aliphatic carbocycles. The lowest BCUT2D eigenvalue weighted by atomic mass is 10.1. The topological polar surface area (TPSA) is 64.2 Å². The lowest BCUT2D eigenvalue weighted by molar-refractivity contribution is 0.0771. The smallest absolute Gasteiger partial charge is 0.276 e. The fourth-order valence-electron chi connectivity index (χ4n) is 2.48. The van der Waals surface area contributed by atoms with Gasteiger partial charge in [-0.1, -0.05) is 28.4 Å². The van der Waals surface area contributed by atoms with Gasteiger partial charge in [0, 0.05) is 36.4 Å². The van der Waals surface area contributed by atoms with E-state index in [0.29, 0.717) is 27.9 Å². The van der Waals surface area contributed by atoms with Crippen LogP contribution < -0.4 is 0 Å². The first kappa shape index (κ1) is 17.5. The molecule has 8 heteroatoms. The predicted octanol–water partition coefficient (Wildman–Crippen LogP) is 4.14. The lowest BCUT2D eigenvalue weighted by Gasteiger charge is -2.16. The van der Waals surface area contributed by atoms with Crippen molar-refractivity contribution in [2.24, 2.45) is 0 Å². The zero-order valence-electron chi connectivity index (χ0n) is 13.7. The monoisotopic (exact) mass is 378 g/mol. The molecular weight excluding hydrogens is 363 g/mol. The van der Waals surface area contributed by atoms with Gasteiger partial charge in [0.15, 0.2) is 11.5 Å². The summed E-state index contributed by atoms with van der Waals surface area (Å²) in [5.74, 6) is 0.168. The van der Waals surface area contributed by atoms with E-state index in [9.17, 15) is 4.79 Å². The Kier molecular flexibility index (Phi) is 5.11. The predicted molar refractivity (Wildman–Crippen MR) is 95.7 cm³/mol. The van der Waals surface area contributed by atoms with Crippen molar-refractivity contribution in [3.05, 3.63) is 58.0 Å². The van der Waals surface area contributed by atoms with Crippen LogP contribution in [0.25, 0.3) is 11.3 Å². The summed E-state index contributed by atoms with van der Waals surface area (Å²) < 4.78 is 7.12. The number of nitrogens with zero attached hydrogens (tertiary/aromatic N) is 4. The standard InChI is InChI=1S/C17H16Cl2N4O2/c1-3-23-12(6-7-20-23)10-22(2)17(24)15-9-16(25-21-15)13-5-4-11(18)8-14(13)19/h4-9H,3,10H2,1-2H3.